The van der Waals surface area contributed by atoms with Gasteiger partial charge in [0.25, 0.3) is 0 Å². The standard InChI is InChI=1S/C16H20FNO4S/c17-13-1-3-14(4-2-13)23(20,21)10-8-18-11-16(6-5-15(18)19)7-9-22-12-16/h1-4H,5-12H2/t16-/m0/s1. The summed E-state index contributed by atoms with van der Waals surface area (Å²) in [6.45, 7) is 2.07. The molecule has 1 aromatic carbocycles. The predicted octanol–water partition coefficient (Wildman–Crippen LogP) is 1.63. The van der Waals surface area contributed by atoms with Crippen LogP contribution >= 0.6 is 0 Å². The maximum atomic E-state index is 12.9. The summed E-state index contributed by atoms with van der Waals surface area (Å²) in [6.07, 6.45) is 2.18. The lowest BCUT2D eigenvalue weighted by molar-refractivity contribution is -0.137. The summed E-state index contributed by atoms with van der Waals surface area (Å²) in [4.78, 5) is 13.8. The van der Waals surface area contributed by atoms with Gasteiger partial charge in [-0.05, 0) is 37.1 Å². The SMILES string of the molecule is O=C1CC[C@]2(CCOC2)CN1CCS(=O)(=O)c1ccc(F)cc1. The number of likely N-dealkylation sites (tertiary alicyclic amines) is 1. The van der Waals surface area contributed by atoms with Crippen LogP contribution in [0.2, 0.25) is 0 Å². The van der Waals surface area contributed by atoms with Crippen LogP contribution in [0.1, 0.15) is 19.3 Å². The molecule has 2 saturated heterocycles. The van der Waals surface area contributed by atoms with Gasteiger partial charge in [0.2, 0.25) is 5.91 Å². The van der Waals surface area contributed by atoms with E-state index in [0.717, 1.165) is 25.0 Å². The zero-order valence-corrected chi connectivity index (χ0v) is 13.6. The minimum absolute atomic E-state index is 0.00293. The molecule has 0 unspecified atom stereocenters. The van der Waals surface area contributed by atoms with Gasteiger partial charge in [-0.1, -0.05) is 0 Å². The fourth-order valence-electron chi connectivity index (χ4n) is 3.27. The molecule has 3 rings (SSSR count). The summed E-state index contributed by atoms with van der Waals surface area (Å²) >= 11 is 0. The largest absolute Gasteiger partial charge is 0.381 e. The fourth-order valence-corrected chi connectivity index (χ4v) is 4.51. The summed E-state index contributed by atoms with van der Waals surface area (Å²) in [6, 6.07) is 4.78. The van der Waals surface area contributed by atoms with Crippen LogP contribution in [0.15, 0.2) is 29.2 Å². The zero-order chi connectivity index (χ0) is 16.5. The Morgan fingerprint density at radius 2 is 1.96 bits per heavy atom. The van der Waals surface area contributed by atoms with Crippen molar-refractivity contribution in [2.45, 2.75) is 24.2 Å². The number of carbonyl (C=O) groups is 1. The maximum absolute atomic E-state index is 12.9. The number of hydrogen-bond acceptors (Lipinski definition) is 4. The van der Waals surface area contributed by atoms with Crippen molar-refractivity contribution >= 4 is 15.7 Å². The molecule has 7 heteroatoms. The van der Waals surface area contributed by atoms with E-state index in [1.807, 2.05) is 0 Å². The third-order valence-corrected chi connectivity index (χ3v) is 6.45. The average Bonchev–Trinajstić information content (AvgIpc) is 2.97. The van der Waals surface area contributed by atoms with E-state index in [4.69, 9.17) is 4.74 Å². The molecule has 1 aromatic rings. The number of nitrogens with zero attached hydrogens (tertiary/aromatic N) is 1. The van der Waals surface area contributed by atoms with Gasteiger partial charge in [-0.15, -0.1) is 0 Å². The number of amides is 1. The van der Waals surface area contributed by atoms with Gasteiger partial charge in [0.15, 0.2) is 9.84 Å². The molecule has 5 nitrogen and oxygen atoms in total. The minimum Gasteiger partial charge on any atom is -0.381 e. The highest BCUT2D eigenvalue weighted by Gasteiger charge is 2.41. The Morgan fingerprint density at radius 1 is 1.22 bits per heavy atom. The first kappa shape index (κ1) is 16.4. The van der Waals surface area contributed by atoms with Crippen LogP contribution in [-0.2, 0) is 19.4 Å². The molecule has 0 aliphatic carbocycles. The lowest BCUT2D eigenvalue weighted by Crippen LogP contribution is -2.48. The van der Waals surface area contributed by atoms with Crippen LogP contribution in [-0.4, -0.2) is 51.3 Å². The summed E-state index contributed by atoms with van der Waals surface area (Å²) < 4.78 is 43.0. The second kappa shape index (κ2) is 6.20. The number of hydrogen-bond donors (Lipinski definition) is 0. The Hall–Kier alpha value is -1.47. The first-order valence-electron chi connectivity index (χ1n) is 7.74. The predicted molar refractivity (Wildman–Crippen MR) is 82.1 cm³/mol. The van der Waals surface area contributed by atoms with E-state index in [1.165, 1.54) is 12.1 Å². The molecule has 0 saturated carbocycles. The minimum atomic E-state index is -3.53. The first-order chi connectivity index (χ1) is 10.9. The fraction of sp³-hybridized carbons (Fsp3) is 0.562. The molecule has 2 aliphatic rings. The van der Waals surface area contributed by atoms with Gasteiger partial charge < -0.3 is 9.64 Å². The lowest BCUT2D eigenvalue weighted by Gasteiger charge is -2.39. The molecule has 2 heterocycles. The van der Waals surface area contributed by atoms with Crippen molar-refractivity contribution < 1.29 is 22.3 Å². The number of ether oxygens (including phenoxy) is 1. The first-order valence-corrected chi connectivity index (χ1v) is 9.39. The number of benzene rings is 1. The van der Waals surface area contributed by atoms with Gasteiger partial charge >= 0.3 is 0 Å². The van der Waals surface area contributed by atoms with E-state index < -0.39 is 15.7 Å². The van der Waals surface area contributed by atoms with Gasteiger partial charge in [0, 0.05) is 31.5 Å². The zero-order valence-electron chi connectivity index (χ0n) is 12.8. The Morgan fingerprint density at radius 3 is 2.61 bits per heavy atom. The molecule has 0 bridgehead atoms. The summed E-state index contributed by atoms with van der Waals surface area (Å²) in [5.41, 5.74) is -0.00640. The van der Waals surface area contributed by atoms with Gasteiger partial charge in [0.05, 0.1) is 17.3 Å². The van der Waals surface area contributed by atoms with Gasteiger partial charge in [-0.25, -0.2) is 12.8 Å². The highest BCUT2D eigenvalue weighted by molar-refractivity contribution is 7.91. The molecular weight excluding hydrogens is 321 g/mol. The topological polar surface area (TPSA) is 63.7 Å². The van der Waals surface area contributed by atoms with Crippen molar-refractivity contribution in [3.8, 4) is 0 Å². The Balaban J connectivity index is 1.66. The van der Waals surface area contributed by atoms with E-state index in [1.54, 1.807) is 4.90 Å². The molecule has 2 aliphatic heterocycles. The molecule has 2 fully saturated rings. The number of carbonyl (C=O) groups excluding carboxylic acids is 1. The Bertz CT molecular complexity index is 681. The molecular formula is C16H20FNO4S. The van der Waals surface area contributed by atoms with E-state index in [0.29, 0.717) is 26.2 Å². The molecule has 0 N–H and O–H groups in total. The summed E-state index contributed by atoms with van der Waals surface area (Å²) in [5, 5.41) is 0. The number of halogens is 1. The second-order valence-electron chi connectivity index (χ2n) is 6.39. The van der Waals surface area contributed by atoms with Crippen LogP contribution in [0, 0.1) is 11.2 Å². The third kappa shape index (κ3) is 3.55. The summed E-state index contributed by atoms with van der Waals surface area (Å²) in [5.74, 6) is -0.628. The summed E-state index contributed by atoms with van der Waals surface area (Å²) in [7, 11) is -3.53. The smallest absolute Gasteiger partial charge is 0.222 e. The van der Waals surface area contributed by atoms with Crippen LogP contribution in [0.3, 0.4) is 0 Å². The van der Waals surface area contributed by atoms with E-state index >= 15 is 0 Å². The molecule has 0 aromatic heterocycles. The maximum Gasteiger partial charge on any atom is 0.222 e. The lowest BCUT2D eigenvalue weighted by atomic mass is 9.79. The molecule has 23 heavy (non-hydrogen) atoms. The number of piperidine rings is 1. The highest BCUT2D eigenvalue weighted by atomic mass is 32.2. The third-order valence-electron chi connectivity index (χ3n) is 4.74. The van der Waals surface area contributed by atoms with E-state index in [2.05, 4.69) is 0 Å². The molecule has 0 radical (unpaired) electrons. The van der Waals surface area contributed by atoms with Crippen LogP contribution < -0.4 is 0 Å². The quantitative estimate of drug-likeness (QED) is 0.781. The molecule has 126 valence electrons. The number of rotatable bonds is 4. The van der Waals surface area contributed by atoms with Gasteiger partial charge in [-0.3, -0.25) is 4.79 Å². The van der Waals surface area contributed by atoms with Crippen molar-refractivity contribution in [3.05, 3.63) is 30.1 Å². The van der Waals surface area contributed by atoms with Crippen molar-refractivity contribution in [3.63, 3.8) is 0 Å². The Labute approximate surface area is 135 Å². The molecule has 1 amide bonds. The normalized spacial score (nSPS) is 25.3. The van der Waals surface area contributed by atoms with Crippen LogP contribution in [0.4, 0.5) is 4.39 Å². The van der Waals surface area contributed by atoms with E-state index in [-0.39, 0.29) is 28.5 Å². The van der Waals surface area contributed by atoms with Crippen LogP contribution in [0.25, 0.3) is 0 Å². The van der Waals surface area contributed by atoms with E-state index in [9.17, 15) is 17.6 Å². The second-order valence-corrected chi connectivity index (χ2v) is 8.50. The number of sulfone groups is 1. The molecule has 1 atom stereocenters. The van der Waals surface area contributed by atoms with Gasteiger partial charge in [-0.2, -0.15) is 0 Å². The van der Waals surface area contributed by atoms with Crippen LogP contribution in [0.5, 0.6) is 0 Å². The van der Waals surface area contributed by atoms with Crippen molar-refractivity contribution in [2.75, 3.05) is 32.1 Å². The highest BCUT2D eigenvalue weighted by Crippen LogP contribution is 2.38. The molecule has 1 spiro atoms. The monoisotopic (exact) mass is 341 g/mol. The Kier molecular flexibility index (Phi) is 4.42. The average molecular weight is 341 g/mol. The van der Waals surface area contributed by atoms with Crippen molar-refractivity contribution in [1.29, 1.82) is 0 Å². The van der Waals surface area contributed by atoms with Crippen molar-refractivity contribution in [2.24, 2.45) is 5.41 Å². The van der Waals surface area contributed by atoms with Gasteiger partial charge in [0.1, 0.15) is 5.82 Å². The van der Waals surface area contributed by atoms with Crippen molar-refractivity contribution in [1.82, 2.24) is 4.90 Å².